The molecule has 0 unspecified atom stereocenters. The highest BCUT2D eigenvalue weighted by Gasteiger charge is 2.22. The number of fused-ring (bicyclic) bond motifs is 2. The maximum Gasteiger partial charge on any atom is 0.128 e. The van der Waals surface area contributed by atoms with E-state index in [9.17, 15) is 10.2 Å². The first-order valence-corrected chi connectivity index (χ1v) is 14.6. The first kappa shape index (κ1) is 27.5. The monoisotopic (exact) mass is 552 g/mol. The predicted molar refractivity (Wildman–Crippen MR) is 174 cm³/mol. The molecule has 0 amide bonds. The number of phenolic OH excluding ortho intramolecular Hbond substituents is 2. The molecule has 0 heterocycles. The van der Waals surface area contributed by atoms with Gasteiger partial charge in [0.1, 0.15) is 11.5 Å². The van der Waals surface area contributed by atoms with Crippen LogP contribution in [0.25, 0.3) is 32.7 Å². The molecule has 0 saturated heterocycles. The molecule has 6 aromatic rings. The number of phenols is 2. The lowest BCUT2D eigenvalue weighted by Gasteiger charge is -2.21. The molecule has 0 bridgehead atoms. The quantitative estimate of drug-likeness (QED) is 0.145. The molecule has 2 atom stereocenters. The van der Waals surface area contributed by atoms with E-state index in [1.807, 2.05) is 84.9 Å². The molecule has 0 aromatic heterocycles. The summed E-state index contributed by atoms with van der Waals surface area (Å²) in [6.45, 7) is 5.21. The Labute approximate surface area is 247 Å². The summed E-state index contributed by atoms with van der Waals surface area (Å²) in [7, 11) is 0. The molecule has 0 saturated carbocycles. The number of nitrogens with one attached hydrogen (secondary N) is 2. The lowest BCUT2D eigenvalue weighted by Crippen LogP contribution is -2.18. The number of hydrogen-bond donors (Lipinski definition) is 4. The highest BCUT2D eigenvalue weighted by molar-refractivity contribution is 6.10. The van der Waals surface area contributed by atoms with Crippen LogP contribution in [0.2, 0.25) is 0 Å². The van der Waals surface area contributed by atoms with Gasteiger partial charge >= 0.3 is 0 Å². The van der Waals surface area contributed by atoms with Gasteiger partial charge in [0.15, 0.2) is 0 Å². The first-order chi connectivity index (χ1) is 20.5. The largest absolute Gasteiger partial charge is 0.507 e. The van der Waals surface area contributed by atoms with Crippen LogP contribution in [0.1, 0.15) is 48.2 Å². The highest BCUT2D eigenvalue weighted by atomic mass is 16.3. The van der Waals surface area contributed by atoms with Crippen LogP contribution in [0.5, 0.6) is 11.5 Å². The third-order valence-corrected chi connectivity index (χ3v) is 8.25. The van der Waals surface area contributed by atoms with E-state index < -0.39 is 0 Å². The van der Waals surface area contributed by atoms with Gasteiger partial charge in [0, 0.05) is 47.4 Å². The zero-order valence-corrected chi connectivity index (χ0v) is 24.0. The second-order valence-corrected chi connectivity index (χ2v) is 11.0. The van der Waals surface area contributed by atoms with Gasteiger partial charge in [0.25, 0.3) is 0 Å². The summed E-state index contributed by atoms with van der Waals surface area (Å²) < 4.78 is 0. The van der Waals surface area contributed by atoms with Crippen molar-refractivity contribution in [2.24, 2.45) is 0 Å². The maximum absolute atomic E-state index is 11.9. The molecule has 6 aromatic carbocycles. The summed E-state index contributed by atoms with van der Waals surface area (Å²) >= 11 is 0. The van der Waals surface area contributed by atoms with E-state index in [-0.39, 0.29) is 23.6 Å². The Morgan fingerprint density at radius 3 is 1.26 bits per heavy atom. The Hall–Kier alpha value is -4.64. The maximum atomic E-state index is 11.9. The minimum Gasteiger partial charge on any atom is -0.507 e. The zero-order valence-electron chi connectivity index (χ0n) is 24.0. The lowest BCUT2D eigenvalue weighted by atomic mass is 9.88. The van der Waals surface area contributed by atoms with Crippen LogP contribution >= 0.6 is 0 Å². The molecule has 4 nitrogen and oxygen atoms in total. The van der Waals surface area contributed by atoms with Crippen LogP contribution in [-0.2, 0) is 13.1 Å². The molecular formula is C38H36N2O2. The van der Waals surface area contributed by atoms with E-state index in [4.69, 9.17) is 0 Å². The van der Waals surface area contributed by atoms with Crippen LogP contribution in [0.15, 0.2) is 121 Å². The van der Waals surface area contributed by atoms with Crippen molar-refractivity contribution >= 4 is 21.5 Å². The Balaban J connectivity index is 1.44. The normalized spacial score (nSPS) is 12.9. The van der Waals surface area contributed by atoms with Crippen molar-refractivity contribution in [1.29, 1.82) is 0 Å². The second kappa shape index (κ2) is 12.1. The highest BCUT2D eigenvalue weighted by Crippen LogP contribution is 2.47. The molecule has 42 heavy (non-hydrogen) atoms. The Bertz CT molecular complexity index is 1700. The third kappa shape index (κ3) is 5.47. The van der Waals surface area contributed by atoms with Gasteiger partial charge in [0.05, 0.1) is 0 Å². The molecule has 0 aliphatic rings. The van der Waals surface area contributed by atoms with Crippen LogP contribution in [0.4, 0.5) is 0 Å². The van der Waals surface area contributed by atoms with Gasteiger partial charge in [-0.1, -0.05) is 109 Å². The minimum absolute atomic E-state index is 0.107. The van der Waals surface area contributed by atoms with Gasteiger partial charge in [-0.15, -0.1) is 0 Å². The average Bonchev–Trinajstić information content (AvgIpc) is 3.04. The lowest BCUT2D eigenvalue weighted by molar-refractivity contribution is 0.455. The molecule has 4 N–H and O–H groups in total. The van der Waals surface area contributed by atoms with Crippen LogP contribution in [-0.4, -0.2) is 10.2 Å². The van der Waals surface area contributed by atoms with Gasteiger partial charge in [0.2, 0.25) is 0 Å². The summed E-state index contributed by atoms with van der Waals surface area (Å²) in [5.41, 5.74) is 5.26. The van der Waals surface area contributed by atoms with Gasteiger partial charge < -0.3 is 20.8 Å². The van der Waals surface area contributed by atoms with Crippen molar-refractivity contribution in [2.45, 2.75) is 39.0 Å². The van der Waals surface area contributed by atoms with E-state index in [1.165, 1.54) is 11.1 Å². The second-order valence-electron chi connectivity index (χ2n) is 11.0. The SMILES string of the molecule is C[C@H](NCc1cc2ccccc2c(-c2c(O)c(CN[C@@H](C)c3ccccc3)cc3ccccc23)c1O)c1ccccc1. The number of rotatable bonds is 9. The van der Waals surface area contributed by atoms with E-state index in [0.29, 0.717) is 24.2 Å². The van der Waals surface area contributed by atoms with Gasteiger partial charge in [-0.25, -0.2) is 0 Å². The molecule has 210 valence electrons. The fourth-order valence-electron chi connectivity index (χ4n) is 5.81. The summed E-state index contributed by atoms with van der Waals surface area (Å²) in [5, 5.41) is 34.8. The van der Waals surface area contributed by atoms with E-state index in [2.05, 4.69) is 60.9 Å². The van der Waals surface area contributed by atoms with Gasteiger partial charge in [-0.3, -0.25) is 0 Å². The summed E-state index contributed by atoms with van der Waals surface area (Å²) in [6.07, 6.45) is 0. The molecule has 0 radical (unpaired) electrons. The molecule has 0 aliphatic heterocycles. The average molecular weight is 553 g/mol. The van der Waals surface area contributed by atoms with Crippen molar-refractivity contribution in [3.05, 3.63) is 144 Å². The van der Waals surface area contributed by atoms with E-state index in [1.54, 1.807) is 0 Å². The smallest absolute Gasteiger partial charge is 0.128 e. The van der Waals surface area contributed by atoms with Crippen LogP contribution in [0.3, 0.4) is 0 Å². The minimum atomic E-state index is 0.107. The van der Waals surface area contributed by atoms with Crippen LogP contribution in [0, 0.1) is 0 Å². The molecule has 0 fully saturated rings. The summed E-state index contributed by atoms with van der Waals surface area (Å²) in [6, 6.07) is 41.0. The predicted octanol–water partition coefficient (Wildman–Crippen LogP) is 8.77. The van der Waals surface area contributed by atoms with Gasteiger partial charge in [-0.2, -0.15) is 0 Å². The van der Waals surface area contributed by atoms with E-state index in [0.717, 1.165) is 32.7 Å². The topological polar surface area (TPSA) is 64.5 Å². The molecule has 0 spiro atoms. The van der Waals surface area contributed by atoms with Crippen molar-refractivity contribution in [3.63, 3.8) is 0 Å². The van der Waals surface area contributed by atoms with Crippen molar-refractivity contribution in [3.8, 4) is 22.6 Å². The number of hydrogen-bond acceptors (Lipinski definition) is 4. The zero-order chi connectivity index (χ0) is 29.1. The molecular weight excluding hydrogens is 516 g/mol. The third-order valence-electron chi connectivity index (χ3n) is 8.25. The Morgan fingerprint density at radius 1 is 0.500 bits per heavy atom. The van der Waals surface area contributed by atoms with Crippen molar-refractivity contribution < 1.29 is 10.2 Å². The Kier molecular flexibility index (Phi) is 7.91. The fourth-order valence-corrected chi connectivity index (χ4v) is 5.81. The molecule has 0 aliphatic carbocycles. The Morgan fingerprint density at radius 2 is 0.857 bits per heavy atom. The summed E-state index contributed by atoms with van der Waals surface area (Å²) in [5.74, 6) is 0.370. The van der Waals surface area contributed by atoms with Crippen molar-refractivity contribution in [1.82, 2.24) is 10.6 Å². The number of aromatic hydroxyl groups is 2. The number of benzene rings is 6. The first-order valence-electron chi connectivity index (χ1n) is 14.6. The fraction of sp³-hybridized carbons (Fsp3) is 0.158. The van der Waals surface area contributed by atoms with Crippen LogP contribution < -0.4 is 10.6 Å². The van der Waals surface area contributed by atoms with E-state index >= 15 is 0 Å². The molecule has 4 heteroatoms. The van der Waals surface area contributed by atoms with Crippen molar-refractivity contribution in [2.75, 3.05) is 0 Å². The molecule has 6 rings (SSSR count). The van der Waals surface area contributed by atoms with Gasteiger partial charge in [-0.05, 0) is 58.7 Å². The standard InChI is InChI=1S/C38H36N2O2/c1-25(27-13-5-3-6-14-27)39-23-31-21-29-17-9-11-19-33(29)35(37(31)41)36-34-20-12-10-18-30(34)22-32(38(36)42)24-40-26(2)28-15-7-4-8-16-28/h3-22,25-26,39-42H,23-24H2,1-2H3/t25-,26-/m0/s1. The summed E-state index contributed by atoms with van der Waals surface area (Å²) in [4.78, 5) is 0.